The third kappa shape index (κ3) is 2.10. The van der Waals surface area contributed by atoms with Crippen molar-refractivity contribution in [2.45, 2.75) is 6.04 Å². The number of anilines is 1. The highest BCUT2D eigenvalue weighted by Gasteiger charge is 2.39. The summed E-state index contributed by atoms with van der Waals surface area (Å²) >= 11 is 0. The van der Waals surface area contributed by atoms with Crippen molar-refractivity contribution >= 4 is 5.69 Å². The molecule has 0 saturated carbocycles. The molecule has 18 heavy (non-hydrogen) atoms. The Morgan fingerprint density at radius 1 is 1.06 bits per heavy atom. The van der Waals surface area contributed by atoms with E-state index in [4.69, 9.17) is 5.73 Å². The van der Waals surface area contributed by atoms with E-state index in [0.717, 1.165) is 31.9 Å². The van der Waals surface area contributed by atoms with E-state index in [2.05, 4.69) is 16.8 Å². The van der Waals surface area contributed by atoms with Crippen LogP contribution in [0.5, 0.6) is 0 Å². The van der Waals surface area contributed by atoms with Gasteiger partial charge in [-0.05, 0) is 31.3 Å². The van der Waals surface area contributed by atoms with Crippen molar-refractivity contribution in [3.63, 3.8) is 0 Å². The van der Waals surface area contributed by atoms with E-state index in [1.165, 1.54) is 12.1 Å². The topological polar surface area (TPSA) is 32.5 Å². The number of benzene rings is 1. The van der Waals surface area contributed by atoms with E-state index in [1.54, 1.807) is 0 Å². The summed E-state index contributed by atoms with van der Waals surface area (Å²) in [6, 6.07) is 7.12. The summed E-state index contributed by atoms with van der Waals surface area (Å²) in [6.07, 6.45) is 0. The van der Waals surface area contributed by atoms with E-state index in [9.17, 15) is 4.39 Å². The van der Waals surface area contributed by atoms with Crippen molar-refractivity contribution in [1.29, 1.82) is 0 Å². The first-order valence-corrected chi connectivity index (χ1v) is 6.58. The number of likely N-dealkylation sites (tertiary alicyclic amines) is 1. The number of halogens is 1. The number of piperidine rings is 2. The second kappa shape index (κ2) is 4.52. The molecule has 2 fully saturated rings. The van der Waals surface area contributed by atoms with Gasteiger partial charge in [-0.15, -0.1) is 0 Å². The van der Waals surface area contributed by atoms with Gasteiger partial charge in [0.05, 0.1) is 0 Å². The molecule has 2 bridgehead atoms. The van der Waals surface area contributed by atoms with E-state index in [0.29, 0.717) is 17.9 Å². The molecule has 0 spiro atoms. The standard InChI is InChI=1S/C14H20FN3/c1-17-6-10-8-18(9-11(7-17)14(10)16)13-4-2-12(15)3-5-13/h2-5,10-11,14H,6-9,16H2,1H3. The Kier molecular flexibility index (Phi) is 2.99. The van der Waals surface area contributed by atoms with E-state index in [1.807, 2.05) is 12.1 Å². The molecule has 2 aliphatic heterocycles. The van der Waals surface area contributed by atoms with Gasteiger partial charge in [-0.25, -0.2) is 4.39 Å². The number of fused-ring (bicyclic) bond motifs is 2. The van der Waals surface area contributed by atoms with Crippen molar-refractivity contribution in [3.05, 3.63) is 30.1 Å². The third-order valence-corrected chi connectivity index (χ3v) is 4.28. The van der Waals surface area contributed by atoms with Crippen LogP contribution >= 0.6 is 0 Å². The normalized spacial score (nSPS) is 32.6. The Balaban J connectivity index is 1.79. The molecule has 3 rings (SSSR count). The van der Waals surface area contributed by atoms with Crippen LogP contribution < -0.4 is 10.6 Å². The Bertz CT molecular complexity index is 404. The Morgan fingerprint density at radius 2 is 1.61 bits per heavy atom. The highest BCUT2D eigenvalue weighted by Crippen LogP contribution is 2.30. The Morgan fingerprint density at radius 3 is 2.17 bits per heavy atom. The lowest BCUT2D eigenvalue weighted by Gasteiger charge is -2.49. The van der Waals surface area contributed by atoms with Crippen molar-refractivity contribution in [2.24, 2.45) is 17.6 Å². The first-order chi connectivity index (χ1) is 8.63. The fourth-order valence-corrected chi connectivity index (χ4v) is 3.37. The summed E-state index contributed by atoms with van der Waals surface area (Å²) in [5.41, 5.74) is 7.41. The van der Waals surface area contributed by atoms with Gasteiger partial charge in [-0.2, -0.15) is 0 Å². The number of nitrogens with two attached hydrogens (primary N) is 1. The summed E-state index contributed by atoms with van der Waals surface area (Å²) in [7, 11) is 2.17. The van der Waals surface area contributed by atoms with Crippen LogP contribution in [0.2, 0.25) is 0 Å². The highest BCUT2D eigenvalue weighted by atomic mass is 19.1. The molecule has 0 aliphatic carbocycles. The average molecular weight is 249 g/mol. The van der Waals surface area contributed by atoms with Crippen LogP contribution in [0.4, 0.5) is 10.1 Å². The highest BCUT2D eigenvalue weighted by molar-refractivity contribution is 5.47. The molecule has 3 nitrogen and oxygen atoms in total. The maximum absolute atomic E-state index is 13.0. The predicted octanol–water partition coefficient (Wildman–Crippen LogP) is 1.15. The molecule has 2 saturated heterocycles. The van der Waals surface area contributed by atoms with Crippen molar-refractivity contribution in [1.82, 2.24) is 4.90 Å². The molecule has 2 atom stereocenters. The van der Waals surface area contributed by atoms with E-state index in [-0.39, 0.29) is 5.82 Å². The van der Waals surface area contributed by atoms with Gasteiger partial charge in [0.1, 0.15) is 5.82 Å². The predicted molar refractivity (Wildman–Crippen MR) is 71.1 cm³/mol. The van der Waals surface area contributed by atoms with Crippen molar-refractivity contribution < 1.29 is 4.39 Å². The van der Waals surface area contributed by atoms with Gasteiger partial charge in [0, 0.05) is 49.7 Å². The van der Waals surface area contributed by atoms with Gasteiger partial charge in [0.15, 0.2) is 0 Å². The summed E-state index contributed by atoms with van der Waals surface area (Å²) in [5.74, 6) is 0.868. The average Bonchev–Trinajstić information content (AvgIpc) is 2.32. The largest absolute Gasteiger partial charge is 0.371 e. The maximum Gasteiger partial charge on any atom is 0.123 e. The zero-order valence-corrected chi connectivity index (χ0v) is 10.7. The molecule has 1 aromatic carbocycles. The minimum Gasteiger partial charge on any atom is -0.371 e. The molecule has 0 radical (unpaired) electrons. The lowest BCUT2D eigenvalue weighted by molar-refractivity contribution is 0.107. The van der Waals surface area contributed by atoms with Crippen LogP contribution in [-0.4, -0.2) is 44.2 Å². The molecule has 98 valence electrons. The Labute approximate surface area is 107 Å². The molecule has 2 unspecified atom stereocenters. The van der Waals surface area contributed by atoms with Gasteiger partial charge >= 0.3 is 0 Å². The van der Waals surface area contributed by atoms with Crippen LogP contribution in [0, 0.1) is 17.7 Å². The molecule has 2 N–H and O–H groups in total. The number of rotatable bonds is 1. The van der Waals surface area contributed by atoms with Crippen LogP contribution in [0.15, 0.2) is 24.3 Å². The van der Waals surface area contributed by atoms with E-state index < -0.39 is 0 Å². The molecule has 1 aromatic rings. The zero-order valence-electron chi connectivity index (χ0n) is 10.7. The van der Waals surface area contributed by atoms with Gasteiger partial charge < -0.3 is 15.5 Å². The second-order valence-electron chi connectivity index (χ2n) is 5.70. The fourth-order valence-electron chi connectivity index (χ4n) is 3.37. The molecule has 0 aromatic heterocycles. The molecule has 4 heteroatoms. The second-order valence-corrected chi connectivity index (χ2v) is 5.70. The van der Waals surface area contributed by atoms with Crippen molar-refractivity contribution in [2.75, 3.05) is 38.1 Å². The minimum absolute atomic E-state index is 0.174. The van der Waals surface area contributed by atoms with Crippen LogP contribution in [0.25, 0.3) is 0 Å². The van der Waals surface area contributed by atoms with Gasteiger partial charge in [0.25, 0.3) is 0 Å². The first-order valence-electron chi connectivity index (χ1n) is 6.58. The molecule has 2 aliphatic rings. The summed E-state index contributed by atoms with van der Waals surface area (Å²) in [4.78, 5) is 4.73. The monoisotopic (exact) mass is 249 g/mol. The zero-order chi connectivity index (χ0) is 12.7. The molecular formula is C14H20FN3. The number of hydrogen-bond donors (Lipinski definition) is 1. The SMILES string of the molecule is CN1CC2CN(c3ccc(F)cc3)CC(C1)C2N. The summed E-state index contributed by atoms with van der Waals surface area (Å²) < 4.78 is 13.0. The smallest absolute Gasteiger partial charge is 0.123 e. The molecule has 0 amide bonds. The summed E-state index contributed by atoms with van der Waals surface area (Å²) in [5, 5.41) is 0. The third-order valence-electron chi connectivity index (χ3n) is 4.28. The van der Waals surface area contributed by atoms with Gasteiger partial charge in [-0.3, -0.25) is 0 Å². The van der Waals surface area contributed by atoms with Crippen LogP contribution in [0.1, 0.15) is 0 Å². The quantitative estimate of drug-likeness (QED) is 0.810. The Hall–Kier alpha value is -1.13. The number of nitrogens with zero attached hydrogens (tertiary/aromatic N) is 2. The summed E-state index contributed by atoms with van der Waals surface area (Å²) in [6.45, 7) is 4.09. The lowest BCUT2D eigenvalue weighted by atomic mass is 9.80. The minimum atomic E-state index is -0.174. The molecular weight excluding hydrogens is 229 g/mol. The van der Waals surface area contributed by atoms with Crippen molar-refractivity contribution in [3.8, 4) is 0 Å². The number of hydrogen-bond acceptors (Lipinski definition) is 3. The lowest BCUT2D eigenvalue weighted by Crippen LogP contribution is -2.62. The fraction of sp³-hybridized carbons (Fsp3) is 0.571. The van der Waals surface area contributed by atoms with Crippen LogP contribution in [-0.2, 0) is 0 Å². The maximum atomic E-state index is 13.0. The van der Waals surface area contributed by atoms with Crippen LogP contribution in [0.3, 0.4) is 0 Å². The molecule has 2 heterocycles. The first kappa shape index (κ1) is 11.9. The van der Waals surface area contributed by atoms with E-state index >= 15 is 0 Å². The van der Waals surface area contributed by atoms with Gasteiger partial charge in [-0.1, -0.05) is 0 Å². The van der Waals surface area contributed by atoms with Gasteiger partial charge in [0.2, 0.25) is 0 Å².